The average molecular weight is 1010 g/mol. The van der Waals surface area contributed by atoms with Crippen molar-refractivity contribution in [2.45, 2.75) is 19.6 Å². The predicted octanol–water partition coefficient (Wildman–Crippen LogP) is 16.4. The van der Waals surface area contributed by atoms with Crippen LogP contribution in [-0.4, -0.2) is 39.9 Å². The third kappa shape index (κ3) is 8.31. The van der Waals surface area contributed by atoms with Gasteiger partial charge in [-0.1, -0.05) is 96.3 Å². The number of hydrogen-bond donors (Lipinski definition) is 0. The fourth-order valence-corrected chi connectivity index (χ4v) is 12.0. The van der Waals surface area contributed by atoms with Crippen LogP contribution >= 0.6 is 23.5 Å². The fourth-order valence-electron chi connectivity index (χ4n) is 9.90. The molecule has 14 rings (SSSR count). The van der Waals surface area contributed by atoms with Crippen LogP contribution in [0.5, 0.6) is 0 Å². The van der Waals surface area contributed by atoms with Gasteiger partial charge in [0.1, 0.15) is 0 Å². The normalized spacial score (nSPS) is 12.3. The van der Waals surface area contributed by atoms with Crippen molar-refractivity contribution >= 4 is 57.6 Å². The van der Waals surface area contributed by atoms with E-state index >= 15 is 0 Å². The van der Waals surface area contributed by atoms with Gasteiger partial charge in [0.2, 0.25) is 0 Å². The second-order valence-electron chi connectivity index (χ2n) is 18.0. The summed E-state index contributed by atoms with van der Waals surface area (Å²) in [6.45, 7) is 0. The number of para-hydroxylation sites is 4. The lowest BCUT2D eigenvalue weighted by Gasteiger charge is -2.33. The summed E-state index contributed by atoms with van der Waals surface area (Å²) in [5.41, 5.74) is 15.5. The molecule has 0 spiro atoms. The van der Waals surface area contributed by atoms with Gasteiger partial charge in [-0.3, -0.25) is 19.9 Å². The lowest BCUT2D eigenvalue weighted by atomic mass is 9.92. The summed E-state index contributed by atoms with van der Waals surface area (Å²) in [5, 5.41) is 0. The molecule has 0 aliphatic carbocycles. The zero-order chi connectivity index (χ0) is 50.4. The van der Waals surface area contributed by atoms with E-state index in [9.17, 15) is 0 Å². The number of rotatable bonds is 9. The van der Waals surface area contributed by atoms with E-state index in [-0.39, 0.29) is 0 Å². The molecule has 0 unspecified atom stereocenters. The Morgan fingerprint density at radius 3 is 1.04 bits per heavy atom. The van der Waals surface area contributed by atoms with Crippen molar-refractivity contribution in [3.05, 3.63) is 243 Å². The molecule has 6 aromatic heterocycles. The third-order valence-electron chi connectivity index (χ3n) is 13.4. The SMILES string of the molecule is c1ccc(-c2cc(-c3cccnc3)nc(-c3cc(N4c5ccccc5Sc5ccccc54)ccc3-c3ccc(N4c5ccccc5Sc5ccccc54)cc3-c3nc(-c4cccnc4)cc(-c4ccccn4)n3)n2)nc1. The Morgan fingerprint density at radius 2 is 0.671 bits per heavy atom. The van der Waals surface area contributed by atoms with E-state index in [0.717, 1.165) is 98.5 Å². The maximum atomic E-state index is 5.45. The van der Waals surface area contributed by atoms with Gasteiger partial charge in [-0.25, -0.2) is 19.9 Å². The second-order valence-corrected chi connectivity index (χ2v) is 20.2. The number of fused-ring (bicyclic) bond motifs is 4. The van der Waals surface area contributed by atoms with Gasteiger partial charge in [-0.05, 0) is 145 Å². The van der Waals surface area contributed by atoms with Crippen LogP contribution in [0.1, 0.15) is 0 Å². The van der Waals surface area contributed by atoms with E-state index in [1.807, 2.05) is 85.2 Å². The van der Waals surface area contributed by atoms with Crippen LogP contribution in [0.4, 0.5) is 34.1 Å². The molecule has 0 fully saturated rings. The molecule has 12 heteroatoms. The molecule has 0 saturated heterocycles. The summed E-state index contributed by atoms with van der Waals surface area (Å²) in [6, 6.07) is 71.1. The van der Waals surface area contributed by atoms with Crippen LogP contribution in [0.2, 0.25) is 0 Å². The van der Waals surface area contributed by atoms with Crippen molar-refractivity contribution in [2.75, 3.05) is 9.80 Å². The molecule has 12 aromatic rings. The molecule has 0 saturated carbocycles. The summed E-state index contributed by atoms with van der Waals surface area (Å²) in [7, 11) is 0. The molecule has 0 bridgehead atoms. The number of hydrogen-bond acceptors (Lipinski definition) is 12. The minimum atomic E-state index is 0.511. The van der Waals surface area contributed by atoms with Crippen LogP contribution in [0.3, 0.4) is 0 Å². The summed E-state index contributed by atoms with van der Waals surface area (Å²) in [4.78, 5) is 49.7. The third-order valence-corrected chi connectivity index (χ3v) is 15.6. The van der Waals surface area contributed by atoms with Crippen LogP contribution in [0, 0.1) is 0 Å². The molecule has 8 heterocycles. The highest BCUT2D eigenvalue weighted by Crippen LogP contribution is 2.54. The molecule has 0 N–H and O–H groups in total. The first kappa shape index (κ1) is 45.0. The number of benzene rings is 6. The number of nitrogens with zero attached hydrogens (tertiary/aromatic N) is 10. The van der Waals surface area contributed by atoms with Crippen molar-refractivity contribution in [1.82, 2.24) is 39.9 Å². The minimum absolute atomic E-state index is 0.511. The Labute approximate surface area is 447 Å². The van der Waals surface area contributed by atoms with E-state index in [4.69, 9.17) is 29.9 Å². The highest BCUT2D eigenvalue weighted by molar-refractivity contribution is 8.00. The lowest BCUT2D eigenvalue weighted by molar-refractivity contribution is 1.14. The van der Waals surface area contributed by atoms with Crippen molar-refractivity contribution < 1.29 is 0 Å². The highest BCUT2D eigenvalue weighted by Gasteiger charge is 2.29. The quantitative estimate of drug-likeness (QED) is 0.137. The Kier molecular flexibility index (Phi) is 11.5. The molecule has 0 amide bonds. The number of pyridine rings is 4. The average Bonchev–Trinajstić information content (AvgIpc) is 3.51. The second kappa shape index (κ2) is 19.3. The molecule has 0 atom stereocenters. The first-order chi connectivity index (χ1) is 37.7. The summed E-state index contributed by atoms with van der Waals surface area (Å²) in [5.74, 6) is 1.02. The van der Waals surface area contributed by atoms with Gasteiger partial charge in [0.05, 0.1) is 56.9 Å². The standard InChI is InChI=1S/C64H40N10S2/c1-5-23-59-55(19-1)73(56-20-2-6-24-60(56)75-59)43-27-29-45(47(35-43)63-69-51(41-15-13-31-65-39-41)37-53(71-63)49-17-9-11-33-67-49)46-30-28-44(74-57-21-3-7-25-61(57)76-62-26-8-4-22-58(62)74)36-48(46)64-70-52(42-16-14-32-66-40-42)38-54(72-64)50-18-10-12-34-68-50/h1-40H. The number of aromatic nitrogens is 8. The van der Waals surface area contributed by atoms with Gasteiger partial charge in [0.15, 0.2) is 11.6 Å². The van der Waals surface area contributed by atoms with Crippen LogP contribution in [-0.2, 0) is 0 Å². The van der Waals surface area contributed by atoms with Gasteiger partial charge >= 0.3 is 0 Å². The van der Waals surface area contributed by atoms with Crippen LogP contribution in [0.15, 0.2) is 263 Å². The van der Waals surface area contributed by atoms with Crippen molar-refractivity contribution in [3.8, 4) is 79.2 Å². The predicted molar refractivity (Wildman–Crippen MR) is 304 cm³/mol. The molecule has 76 heavy (non-hydrogen) atoms. The maximum Gasteiger partial charge on any atom is 0.161 e. The van der Waals surface area contributed by atoms with Gasteiger partial charge in [0.25, 0.3) is 0 Å². The smallest absolute Gasteiger partial charge is 0.161 e. The largest absolute Gasteiger partial charge is 0.308 e. The molecule has 2 aliphatic rings. The van der Waals surface area contributed by atoms with Crippen LogP contribution < -0.4 is 9.80 Å². The fraction of sp³-hybridized carbons (Fsp3) is 0. The van der Waals surface area contributed by atoms with E-state index in [1.165, 1.54) is 0 Å². The summed E-state index contributed by atoms with van der Waals surface area (Å²) >= 11 is 3.55. The molecule has 6 aromatic carbocycles. The molecule has 0 radical (unpaired) electrons. The molecular weight excluding hydrogens is 973 g/mol. The van der Waals surface area contributed by atoms with E-state index < -0.39 is 0 Å². The Balaban J connectivity index is 1.07. The van der Waals surface area contributed by atoms with Crippen molar-refractivity contribution in [2.24, 2.45) is 0 Å². The topological polar surface area (TPSA) is 110 Å². The minimum Gasteiger partial charge on any atom is -0.308 e. The van der Waals surface area contributed by atoms with E-state index in [0.29, 0.717) is 34.4 Å². The molecular formula is C64H40N10S2. The van der Waals surface area contributed by atoms with Crippen molar-refractivity contribution in [3.63, 3.8) is 0 Å². The zero-order valence-electron chi connectivity index (χ0n) is 40.4. The van der Waals surface area contributed by atoms with Gasteiger partial charge in [-0.15, -0.1) is 0 Å². The van der Waals surface area contributed by atoms with E-state index in [1.54, 1.807) is 48.3 Å². The lowest BCUT2D eigenvalue weighted by Crippen LogP contribution is -2.15. The molecule has 10 nitrogen and oxygen atoms in total. The zero-order valence-corrected chi connectivity index (χ0v) is 42.0. The number of anilines is 6. The molecule has 358 valence electrons. The highest BCUT2D eigenvalue weighted by atomic mass is 32.2. The monoisotopic (exact) mass is 1010 g/mol. The van der Waals surface area contributed by atoms with Crippen LogP contribution in [0.25, 0.3) is 79.2 Å². The Hall–Kier alpha value is -9.62. The van der Waals surface area contributed by atoms with Gasteiger partial charge < -0.3 is 9.80 Å². The Bertz CT molecular complexity index is 3670. The first-order valence-electron chi connectivity index (χ1n) is 24.7. The van der Waals surface area contributed by atoms with Gasteiger partial charge in [0, 0.05) is 90.4 Å². The van der Waals surface area contributed by atoms with Gasteiger partial charge in [-0.2, -0.15) is 0 Å². The van der Waals surface area contributed by atoms with E-state index in [2.05, 4.69) is 153 Å². The summed E-state index contributed by atoms with van der Waals surface area (Å²) in [6.07, 6.45) is 10.8. The Morgan fingerprint density at radius 1 is 0.289 bits per heavy atom. The summed E-state index contributed by atoms with van der Waals surface area (Å²) < 4.78 is 0. The maximum absolute atomic E-state index is 5.45. The molecule has 2 aliphatic heterocycles. The van der Waals surface area contributed by atoms with Crippen molar-refractivity contribution in [1.29, 1.82) is 0 Å². The first-order valence-corrected chi connectivity index (χ1v) is 26.3.